The Balaban J connectivity index is 1.58. The van der Waals surface area contributed by atoms with Crippen molar-refractivity contribution >= 4 is 12.0 Å². The van der Waals surface area contributed by atoms with Gasteiger partial charge >= 0.3 is 6.09 Å². The average Bonchev–Trinajstić information content (AvgIpc) is 3.16. The minimum absolute atomic E-state index is 0.0738. The SMILES string of the molecule is O=C(CCC1CCCC1)N1C(=O)OC[C@@H]1Cc1ccccc1. The molecule has 2 fully saturated rings. The molecule has 1 aromatic rings. The molecule has 0 aromatic heterocycles. The molecule has 0 N–H and O–H groups in total. The molecule has 0 bridgehead atoms. The van der Waals surface area contributed by atoms with Gasteiger partial charge in [0.1, 0.15) is 6.61 Å². The lowest BCUT2D eigenvalue weighted by Crippen LogP contribution is -2.40. The normalized spacial score (nSPS) is 22.1. The molecule has 1 saturated carbocycles. The molecule has 118 valence electrons. The molecule has 22 heavy (non-hydrogen) atoms. The molecular formula is C18H23NO3. The molecule has 1 atom stereocenters. The minimum Gasteiger partial charge on any atom is -0.447 e. The molecule has 2 amide bonds. The Bertz CT molecular complexity index is 522. The second-order valence-corrected chi connectivity index (χ2v) is 6.37. The van der Waals surface area contributed by atoms with E-state index in [0.717, 1.165) is 12.0 Å². The number of ether oxygens (including phenoxy) is 1. The third-order valence-corrected chi connectivity index (χ3v) is 4.79. The van der Waals surface area contributed by atoms with Gasteiger partial charge in [0, 0.05) is 6.42 Å². The van der Waals surface area contributed by atoms with E-state index in [2.05, 4.69) is 0 Å². The summed E-state index contributed by atoms with van der Waals surface area (Å²) in [5, 5.41) is 0. The molecule has 4 heteroatoms. The van der Waals surface area contributed by atoms with Gasteiger partial charge in [-0.2, -0.15) is 0 Å². The third kappa shape index (κ3) is 3.49. The van der Waals surface area contributed by atoms with E-state index in [1.54, 1.807) is 0 Å². The van der Waals surface area contributed by atoms with Gasteiger partial charge in [0.15, 0.2) is 0 Å². The van der Waals surface area contributed by atoms with Crippen molar-refractivity contribution in [1.82, 2.24) is 4.90 Å². The fourth-order valence-corrected chi connectivity index (χ4v) is 3.55. The van der Waals surface area contributed by atoms with Crippen molar-refractivity contribution in [2.45, 2.75) is 51.0 Å². The lowest BCUT2D eigenvalue weighted by Gasteiger charge is -2.20. The van der Waals surface area contributed by atoms with Crippen LogP contribution in [0.25, 0.3) is 0 Å². The number of hydrogen-bond acceptors (Lipinski definition) is 3. The van der Waals surface area contributed by atoms with Crippen LogP contribution in [0, 0.1) is 5.92 Å². The first-order valence-electron chi connectivity index (χ1n) is 8.27. The standard InChI is InChI=1S/C18H23NO3/c20-17(11-10-14-6-4-5-7-14)19-16(13-22-18(19)21)12-15-8-2-1-3-9-15/h1-3,8-9,14,16H,4-7,10-13H2/t16-/m0/s1. The van der Waals surface area contributed by atoms with Crippen molar-refractivity contribution in [2.75, 3.05) is 6.61 Å². The van der Waals surface area contributed by atoms with Gasteiger partial charge in [0.25, 0.3) is 0 Å². The molecule has 1 saturated heterocycles. The predicted octanol–water partition coefficient (Wildman–Crippen LogP) is 3.55. The van der Waals surface area contributed by atoms with E-state index in [1.165, 1.54) is 30.6 Å². The molecule has 3 rings (SSSR count). The lowest BCUT2D eigenvalue weighted by atomic mass is 10.0. The second-order valence-electron chi connectivity index (χ2n) is 6.37. The molecule has 1 aromatic carbocycles. The van der Waals surface area contributed by atoms with Gasteiger partial charge in [-0.1, -0.05) is 56.0 Å². The molecule has 2 aliphatic rings. The maximum atomic E-state index is 12.4. The summed E-state index contributed by atoms with van der Waals surface area (Å²) in [4.78, 5) is 25.7. The number of nitrogens with zero attached hydrogens (tertiary/aromatic N) is 1. The van der Waals surface area contributed by atoms with Crippen LogP contribution in [-0.4, -0.2) is 29.5 Å². The quantitative estimate of drug-likeness (QED) is 0.835. The van der Waals surface area contributed by atoms with Gasteiger partial charge in [-0.15, -0.1) is 0 Å². The van der Waals surface area contributed by atoms with Crippen LogP contribution < -0.4 is 0 Å². The highest BCUT2D eigenvalue weighted by atomic mass is 16.6. The Morgan fingerprint density at radius 1 is 1.18 bits per heavy atom. The van der Waals surface area contributed by atoms with Gasteiger partial charge in [0.2, 0.25) is 5.91 Å². The van der Waals surface area contributed by atoms with Gasteiger partial charge in [-0.25, -0.2) is 9.69 Å². The van der Waals surface area contributed by atoms with E-state index in [-0.39, 0.29) is 11.9 Å². The molecule has 0 unspecified atom stereocenters. The van der Waals surface area contributed by atoms with Crippen LogP contribution in [0.15, 0.2) is 30.3 Å². The van der Waals surface area contributed by atoms with Crippen LogP contribution in [0.2, 0.25) is 0 Å². The smallest absolute Gasteiger partial charge is 0.416 e. The predicted molar refractivity (Wildman–Crippen MR) is 83.3 cm³/mol. The second kappa shape index (κ2) is 6.95. The summed E-state index contributed by atoms with van der Waals surface area (Å²) in [6, 6.07) is 9.78. The van der Waals surface area contributed by atoms with Gasteiger partial charge in [-0.05, 0) is 24.3 Å². The molecule has 1 aliphatic carbocycles. The summed E-state index contributed by atoms with van der Waals surface area (Å²) < 4.78 is 5.11. The summed E-state index contributed by atoms with van der Waals surface area (Å²) >= 11 is 0. The Morgan fingerprint density at radius 3 is 2.64 bits per heavy atom. The maximum absolute atomic E-state index is 12.4. The van der Waals surface area contributed by atoms with Crippen molar-refractivity contribution < 1.29 is 14.3 Å². The Kier molecular flexibility index (Phi) is 4.76. The van der Waals surface area contributed by atoms with Crippen LogP contribution in [0.5, 0.6) is 0 Å². The highest BCUT2D eigenvalue weighted by Gasteiger charge is 2.37. The summed E-state index contributed by atoms with van der Waals surface area (Å²) in [5.74, 6) is 0.588. The van der Waals surface area contributed by atoms with E-state index in [0.29, 0.717) is 25.4 Å². The number of rotatable bonds is 5. The zero-order valence-electron chi connectivity index (χ0n) is 12.9. The monoisotopic (exact) mass is 301 g/mol. The van der Waals surface area contributed by atoms with Crippen molar-refractivity contribution in [3.63, 3.8) is 0 Å². The van der Waals surface area contributed by atoms with E-state index in [9.17, 15) is 9.59 Å². The average molecular weight is 301 g/mol. The number of cyclic esters (lactones) is 1. The van der Waals surface area contributed by atoms with Crippen LogP contribution in [0.3, 0.4) is 0 Å². The molecular weight excluding hydrogens is 278 g/mol. The summed E-state index contributed by atoms with van der Waals surface area (Å²) in [6.45, 7) is 0.308. The molecule has 0 radical (unpaired) electrons. The fourth-order valence-electron chi connectivity index (χ4n) is 3.55. The highest BCUT2D eigenvalue weighted by molar-refractivity contribution is 5.93. The topological polar surface area (TPSA) is 46.6 Å². The van der Waals surface area contributed by atoms with E-state index in [4.69, 9.17) is 4.74 Å². The van der Waals surface area contributed by atoms with Crippen LogP contribution >= 0.6 is 0 Å². The number of imide groups is 1. The first-order chi connectivity index (χ1) is 10.7. The van der Waals surface area contributed by atoms with Crippen LogP contribution in [0.4, 0.5) is 4.79 Å². The summed E-state index contributed by atoms with van der Waals surface area (Å²) in [6.07, 6.45) is 6.57. The number of carbonyl (C=O) groups is 2. The fraction of sp³-hybridized carbons (Fsp3) is 0.556. The third-order valence-electron chi connectivity index (χ3n) is 4.79. The van der Waals surface area contributed by atoms with E-state index >= 15 is 0 Å². The number of carbonyl (C=O) groups excluding carboxylic acids is 2. The largest absolute Gasteiger partial charge is 0.447 e. The zero-order valence-corrected chi connectivity index (χ0v) is 12.9. The summed E-state index contributed by atoms with van der Waals surface area (Å²) in [5.41, 5.74) is 1.12. The lowest BCUT2D eigenvalue weighted by molar-refractivity contribution is -0.129. The zero-order chi connectivity index (χ0) is 15.4. The Morgan fingerprint density at radius 2 is 1.91 bits per heavy atom. The summed E-state index contributed by atoms with van der Waals surface area (Å²) in [7, 11) is 0. The van der Waals surface area contributed by atoms with E-state index < -0.39 is 6.09 Å². The number of hydrogen-bond donors (Lipinski definition) is 0. The van der Waals surface area contributed by atoms with Gasteiger partial charge < -0.3 is 4.74 Å². The van der Waals surface area contributed by atoms with E-state index in [1.807, 2.05) is 30.3 Å². The van der Waals surface area contributed by atoms with Crippen LogP contribution in [-0.2, 0) is 16.0 Å². The van der Waals surface area contributed by atoms with Crippen molar-refractivity contribution in [3.8, 4) is 0 Å². The molecule has 1 aliphatic heterocycles. The molecule has 0 spiro atoms. The first-order valence-corrected chi connectivity index (χ1v) is 8.27. The maximum Gasteiger partial charge on any atom is 0.416 e. The Hall–Kier alpha value is -1.84. The number of amides is 2. The van der Waals surface area contributed by atoms with Crippen LogP contribution in [0.1, 0.15) is 44.1 Å². The number of benzene rings is 1. The van der Waals surface area contributed by atoms with Gasteiger partial charge in [-0.3, -0.25) is 4.79 Å². The Labute approximate surface area is 131 Å². The molecule has 1 heterocycles. The van der Waals surface area contributed by atoms with Crippen molar-refractivity contribution in [2.24, 2.45) is 5.92 Å². The first kappa shape index (κ1) is 15.1. The molecule has 4 nitrogen and oxygen atoms in total. The van der Waals surface area contributed by atoms with Gasteiger partial charge in [0.05, 0.1) is 6.04 Å². The van der Waals surface area contributed by atoms with Crippen molar-refractivity contribution in [1.29, 1.82) is 0 Å². The highest BCUT2D eigenvalue weighted by Crippen LogP contribution is 2.29. The van der Waals surface area contributed by atoms with Crippen molar-refractivity contribution in [3.05, 3.63) is 35.9 Å². The minimum atomic E-state index is -0.475.